The number of ketones is 1. The van der Waals surface area contributed by atoms with E-state index in [0.29, 0.717) is 6.10 Å². The van der Waals surface area contributed by atoms with E-state index >= 15 is 0 Å². The molecule has 6 rings (SSSR count). The first-order chi connectivity index (χ1) is 18.2. The van der Waals surface area contributed by atoms with Crippen molar-refractivity contribution in [2.24, 2.45) is 7.05 Å². The van der Waals surface area contributed by atoms with Crippen LogP contribution in [0.3, 0.4) is 0 Å². The van der Waals surface area contributed by atoms with Crippen molar-refractivity contribution < 1.29 is 9.53 Å². The van der Waals surface area contributed by atoms with E-state index in [-0.39, 0.29) is 5.78 Å². The minimum Gasteiger partial charge on any atom is -0.490 e. The Morgan fingerprint density at radius 2 is 1.92 bits per heavy atom. The van der Waals surface area contributed by atoms with Gasteiger partial charge < -0.3 is 19.2 Å². The van der Waals surface area contributed by atoms with Gasteiger partial charge in [-0.1, -0.05) is 30.3 Å². The van der Waals surface area contributed by atoms with E-state index < -0.39 is 0 Å². The normalized spacial score (nSPS) is 16.3. The molecule has 0 saturated carbocycles. The Morgan fingerprint density at radius 1 is 1.05 bits per heavy atom. The third-order valence-electron chi connectivity index (χ3n) is 7.54. The van der Waals surface area contributed by atoms with E-state index in [1.165, 1.54) is 12.0 Å². The van der Waals surface area contributed by atoms with Gasteiger partial charge in [-0.15, -0.1) is 11.3 Å². The lowest BCUT2D eigenvalue weighted by molar-refractivity contribution is 0.103. The van der Waals surface area contributed by atoms with Crippen LogP contribution in [-0.2, 0) is 20.0 Å². The number of aryl methyl sites for hydroxylation is 3. The molecule has 5 aromatic rings. The van der Waals surface area contributed by atoms with E-state index in [2.05, 4.69) is 63.8 Å². The first kappa shape index (κ1) is 24.0. The molecule has 5 nitrogen and oxygen atoms in total. The lowest BCUT2D eigenvalue weighted by atomic mass is 10.1. The number of ether oxygens (including phenoxy) is 1. The molecule has 1 saturated heterocycles. The predicted molar refractivity (Wildman–Crippen MR) is 152 cm³/mol. The summed E-state index contributed by atoms with van der Waals surface area (Å²) in [6, 6.07) is 20.9. The van der Waals surface area contributed by atoms with E-state index in [4.69, 9.17) is 4.74 Å². The van der Waals surface area contributed by atoms with Crippen LogP contribution < -0.4 is 10.1 Å². The van der Waals surface area contributed by atoms with Gasteiger partial charge in [0, 0.05) is 36.3 Å². The van der Waals surface area contributed by atoms with Crippen molar-refractivity contribution in [1.29, 1.82) is 0 Å². The number of aromatic nitrogens is 2. The highest BCUT2D eigenvalue weighted by atomic mass is 32.1. The summed E-state index contributed by atoms with van der Waals surface area (Å²) in [5, 5.41) is 6.53. The Kier molecular flexibility index (Phi) is 6.85. The smallest absolute Gasteiger partial charge is 0.211 e. The van der Waals surface area contributed by atoms with Gasteiger partial charge >= 0.3 is 0 Å². The molecular formula is C31H33N3O2S. The second kappa shape index (κ2) is 10.6. The number of rotatable bonds is 8. The van der Waals surface area contributed by atoms with Crippen LogP contribution in [0.2, 0.25) is 0 Å². The minimum atomic E-state index is 0.0842. The zero-order valence-corrected chi connectivity index (χ0v) is 22.1. The molecule has 2 aromatic carbocycles. The molecule has 1 atom stereocenters. The monoisotopic (exact) mass is 511 g/mol. The van der Waals surface area contributed by atoms with Crippen LogP contribution in [0.4, 0.5) is 0 Å². The van der Waals surface area contributed by atoms with Crippen LogP contribution in [0.1, 0.15) is 47.3 Å². The summed E-state index contributed by atoms with van der Waals surface area (Å²) in [6.07, 6.45) is 7.71. The molecule has 1 unspecified atom stereocenters. The second-order valence-electron chi connectivity index (χ2n) is 10.0. The maximum absolute atomic E-state index is 13.6. The number of para-hydroxylation sites is 1. The van der Waals surface area contributed by atoms with E-state index in [1.54, 1.807) is 11.3 Å². The van der Waals surface area contributed by atoms with Crippen molar-refractivity contribution in [3.8, 4) is 5.75 Å². The van der Waals surface area contributed by atoms with Crippen LogP contribution in [-0.4, -0.2) is 34.1 Å². The molecule has 1 N–H and O–H groups in total. The Bertz CT molecular complexity index is 1520. The fourth-order valence-electron chi connectivity index (χ4n) is 5.50. The lowest BCUT2D eigenvalue weighted by Crippen LogP contribution is -2.19. The molecule has 0 bridgehead atoms. The molecule has 1 fully saturated rings. The van der Waals surface area contributed by atoms with E-state index in [1.807, 2.05) is 29.9 Å². The van der Waals surface area contributed by atoms with Crippen molar-refractivity contribution in [1.82, 2.24) is 14.5 Å². The van der Waals surface area contributed by atoms with Gasteiger partial charge in [0.1, 0.15) is 5.75 Å². The predicted octanol–water partition coefficient (Wildman–Crippen LogP) is 6.58. The summed E-state index contributed by atoms with van der Waals surface area (Å²) in [4.78, 5) is 13.6. The summed E-state index contributed by atoms with van der Waals surface area (Å²) in [6.45, 7) is 2.99. The van der Waals surface area contributed by atoms with Gasteiger partial charge in [-0.3, -0.25) is 4.79 Å². The number of hydrogen-bond acceptors (Lipinski definition) is 4. The first-order valence-corrected chi connectivity index (χ1v) is 14.2. The van der Waals surface area contributed by atoms with Gasteiger partial charge in [0.25, 0.3) is 0 Å². The molecule has 0 spiro atoms. The van der Waals surface area contributed by atoms with Crippen LogP contribution in [0.15, 0.2) is 72.2 Å². The summed E-state index contributed by atoms with van der Waals surface area (Å²) in [5.41, 5.74) is 5.06. The van der Waals surface area contributed by atoms with E-state index in [9.17, 15) is 4.79 Å². The molecule has 0 aliphatic carbocycles. The summed E-state index contributed by atoms with van der Waals surface area (Å²) in [5.74, 6) is 1.05. The average molecular weight is 512 g/mol. The van der Waals surface area contributed by atoms with Crippen LogP contribution >= 0.6 is 11.3 Å². The number of thiophene rings is 1. The number of carbonyl (C=O) groups is 1. The van der Waals surface area contributed by atoms with Crippen molar-refractivity contribution in [2.45, 2.75) is 44.8 Å². The Labute approximate surface area is 221 Å². The molecule has 37 heavy (non-hydrogen) atoms. The van der Waals surface area contributed by atoms with Crippen molar-refractivity contribution in [3.05, 3.63) is 89.1 Å². The van der Waals surface area contributed by atoms with Gasteiger partial charge in [0.15, 0.2) is 0 Å². The molecule has 1 aliphatic rings. The summed E-state index contributed by atoms with van der Waals surface area (Å²) in [7, 11) is 1.98. The largest absolute Gasteiger partial charge is 0.490 e. The summed E-state index contributed by atoms with van der Waals surface area (Å²) >= 11 is 1.67. The van der Waals surface area contributed by atoms with Gasteiger partial charge in [-0.05, 0) is 86.5 Å². The van der Waals surface area contributed by atoms with Gasteiger partial charge in [-0.2, -0.15) is 0 Å². The maximum atomic E-state index is 13.6. The van der Waals surface area contributed by atoms with Crippen molar-refractivity contribution in [2.75, 3.05) is 13.1 Å². The Morgan fingerprint density at radius 3 is 2.78 bits per heavy atom. The highest BCUT2D eigenvalue weighted by Crippen LogP contribution is 2.29. The molecule has 1 aliphatic heterocycles. The number of benzene rings is 2. The number of hydrogen-bond donors (Lipinski definition) is 1. The second-order valence-corrected chi connectivity index (χ2v) is 11.0. The summed E-state index contributed by atoms with van der Waals surface area (Å²) < 4.78 is 11.6. The quantitative estimate of drug-likeness (QED) is 0.239. The number of carbonyl (C=O) groups excluding carboxylic acids is 1. The zero-order chi connectivity index (χ0) is 25.2. The average Bonchev–Trinajstić information content (AvgIpc) is 3.55. The zero-order valence-electron chi connectivity index (χ0n) is 21.3. The van der Waals surface area contributed by atoms with Crippen molar-refractivity contribution in [3.63, 3.8) is 0 Å². The number of fused-ring (bicyclic) bond motifs is 2. The first-order valence-electron chi connectivity index (χ1n) is 13.3. The molecule has 4 heterocycles. The lowest BCUT2D eigenvalue weighted by Gasteiger charge is -2.17. The molecule has 3 aromatic heterocycles. The SMILES string of the molecule is Cn1c(C(=O)c2cn(CCCc3ccc(OC4CCCNCC4)cc3)c3ccccc23)cc2sccc21. The maximum Gasteiger partial charge on any atom is 0.211 e. The van der Waals surface area contributed by atoms with Crippen molar-refractivity contribution >= 4 is 38.2 Å². The molecule has 6 heteroatoms. The Hall–Kier alpha value is -3.35. The molecule has 0 radical (unpaired) electrons. The van der Waals surface area contributed by atoms with E-state index in [0.717, 1.165) is 83.4 Å². The van der Waals surface area contributed by atoms with Crippen LogP contribution in [0.5, 0.6) is 5.75 Å². The highest BCUT2D eigenvalue weighted by molar-refractivity contribution is 7.17. The molecule has 190 valence electrons. The third kappa shape index (κ3) is 4.96. The number of nitrogens with zero attached hydrogens (tertiary/aromatic N) is 2. The third-order valence-corrected chi connectivity index (χ3v) is 8.40. The van der Waals surface area contributed by atoms with Crippen LogP contribution in [0, 0.1) is 0 Å². The topological polar surface area (TPSA) is 48.2 Å². The fraction of sp³-hybridized carbons (Fsp3) is 0.323. The fourth-order valence-corrected chi connectivity index (χ4v) is 6.35. The molecule has 0 amide bonds. The van der Waals surface area contributed by atoms with Gasteiger partial charge in [0.05, 0.1) is 22.0 Å². The molecular weight excluding hydrogens is 478 g/mol. The standard InChI is InChI=1S/C31H33N3O2S/c1-33-28-15-19-37-30(28)20-29(33)31(35)26-21-34(27-9-3-2-8-25(26)27)18-5-6-22-10-12-24(13-11-22)36-23-7-4-16-32-17-14-23/h2-3,8-13,15,19-21,23,32H,4-7,14,16-18H2,1H3. The van der Waals surface area contributed by atoms with Crippen LogP contribution in [0.25, 0.3) is 21.1 Å². The highest BCUT2D eigenvalue weighted by Gasteiger charge is 2.20. The van der Waals surface area contributed by atoms with Gasteiger partial charge in [0.2, 0.25) is 5.78 Å². The van der Waals surface area contributed by atoms with Gasteiger partial charge in [-0.25, -0.2) is 0 Å². The number of nitrogens with one attached hydrogen (secondary N) is 1. The minimum absolute atomic E-state index is 0.0842. The Balaban J connectivity index is 1.14.